The predicted molar refractivity (Wildman–Crippen MR) is 209 cm³/mol. The van der Waals surface area contributed by atoms with Gasteiger partial charge in [0, 0.05) is 39.1 Å². The molecule has 4 N–H and O–H groups in total. The maximum absolute atomic E-state index is 13.1. The van der Waals surface area contributed by atoms with Crippen LogP contribution in [0.4, 0.5) is 51.9 Å². The van der Waals surface area contributed by atoms with Crippen LogP contribution >= 0.6 is 0 Å². The number of amides is 2. The van der Waals surface area contributed by atoms with Gasteiger partial charge < -0.3 is 50.5 Å². The molecule has 22 nitrogen and oxygen atoms in total. The predicted octanol–water partition coefficient (Wildman–Crippen LogP) is 1.96. The molecule has 8 rings (SSSR count). The number of para-hydroxylation sites is 2. The number of aromatic carboxylic acids is 2. The van der Waals surface area contributed by atoms with E-state index in [0.717, 1.165) is 12.1 Å². The average Bonchev–Trinajstić information content (AvgIpc) is 3.88. The van der Waals surface area contributed by atoms with E-state index in [1.54, 1.807) is 50.5 Å². The minimum Gasteiger partial charge on any atom is -0.543 e. The van der Waals surface area contributed by atoms with E-state index >= 15 is 0 Å². The molecule has 2 amide bonds. The average molecular weight is 954 g/mol. The van der Waals surface area contributed by atoms with Gasteiger partial charge in [-0.15, -0.1) is 20.4 Å². The van der Waals surface area contributed by atoms with Crippen molar-refractivity contribution in [1.82, 2.24) is 49.9 Å². The van der Waals surface area contributed by atoms with Crippen LogP contribution in [0.5, 0.6) is 11.5 Å². The Balaban J connectivity index is 0.000000212. The van der Waals surface area contributed by atoms with Crippen LogP contribution in [0.15, 0.2) is 61.2 Å². The normalized spacial score (nSPS) is 16.1. The number of hydrogen-bond acceptors (Lipinski definition) is 18. The SMILES string of the molecule is COc1c(Nc2cc(NC(=O)[C@@H]3CC3(F)F)nnc2C(=O)[O-])cccc1-c1ncn(C)n1.COc1c(Nc2cc(NC(=O)[C@@H]3CC3(F)F)nnc2C(=O)[O-])cccc1-c1ncn(C)n1.[Zn+2]. The molecule has 65 heavy (non-hydrogen) atoms. The van der Waals surface area contributed by atoms with E-state index in [0.29, 0.717) is 45.6 Å². The number of aryl methyl sites for hydroxylation is 2. The van der Waals surface area contributed by atoms with E-state index in [9.17, 15) is 47.0 Å². The summed E-state index contributed by atoms with van der Waals surface area (Å²) < 4.78 is 66.5. The summed E-state index contributed by atoms with van der Waals surface area (Å²) in [6.45, 7) is 0. The van der Waals surface area contributed by atoms with E-state index in [1.807, 2.05) is 0 Å². The Morgan fingerprint density at radius 1 is 0.646 bits per heavy atom. The van der Waals surface area contributed by atoms with Gasteiger partial charge in [-0.3, -0.25) is 19.0 Å². The molecule has 0 radical (unpaired) electrons. The Labute approximate surface area is 375 Å². The van der Waals surface area contributed by atoms with Crippen molar-refractivity contribution >= 4 is 58.1 Å². The number of carbonyl (C=O) groups excluding carboxylic acids is 4. The van der Waals surface area contributed by atoms with Gasteiger partial charge in [0.1, 0.15) is 35.9 Å². The number of carbonyl (C=O) groups is 4. The largest absolute Gasteiger partial charge is 2.00 e. The first-order chi connectivity index (χ1) is 30.4. The van der Waals surface area contributed by atoms with Crippen LogP contribution in [0.2, 0.25) is 0 Å². The number of halogens is 4. The van der Waals surface area contributed by atoms with Crippen molar-refractivity contribution in [2.75, 3.05) is 35.5 Å². The fraction of sp³-hybridized carbons (Fsp3) is 0.263. The molecule has 2 aliphatic carbocycles. The van der Waals surface area contributed by atoms with Gasteiger partial charge in [-0.2, -0.15) is 10.2 Å². The summed E-state index contributed by atoms with van der Waals surface area (Å²) in [5.41, 5.74) is 0.424. The first kappa shape index (κ1) is 46.8. The Hall–Kier alpha value is -7.70. The zero-order valence-electron chi connectivity index (χ0n) is 34.3. The van der Waals surface area contributed by atoms with E-state index < -0.39 is 71.7 Å². The van der Waals surface area contributed by atoms with Gasteiger partial charge in [-0.1, -0.05) is 12.1 Å². The number of methoxy groups -OCH3 is 2. The molecular formula is C38H32F4N14O8Zn. The zero-order chi connectivity index (χ0) is 46.1. The van der Waals surface area contributed by atoms with Gasteiger partial charge in [0.25, 0.3) is 11.8 Å². The maximum atomic E-state index is 13.1. The van der Waals surface area contributed by atoms with Crippen LogP contribution in [0, 0.1) is 11.8 Å². The quantitative estimate of drug-likeness (QED) is 0.0896. The summed E-state index contributed by atoms with van der Waals surface area (Å²) in [5, 5.41) is 55.8. The number of ether oxygens (including phenoxy) is 2. The van der Waals surface area contributed by atoms with Crippen molar-refractivity contribution in [2.45, 2.75) is 24.7 Å². The van der Waals surface area contributed by atoms with Crippen molar-refractivity contribution < 1.29 is 75.9 Å². The number of rotatable bonds is 14. The minimum absolute atomic E-state index is 0. The van der Waals surface area contributed by atoms with Gasteiger partial charge >= 0.3 is 19.5 Å². The third-order valence-electron chi connectivity index (χ3n) is 9.42. The smallest absolute Gasteiger partial charge is 0.543 e. The monoisotopic (exact) mass is 952 g/mol. The Morgan fingerprint density at radius 2 is 1.02 bits per heavy atom. The summed E-state index contributed by atoms with van der Waals surface area (Å²) in [4.78, 5) is 55.2. The van der Waals surface area contributed by atoms with Crippen molar-refractivity contribution in [3.05, 3.63) is 72.6 Å². The van der Waals surface area contributed by atoms with Crippen molar-refractivity contribution in [2.24, 2.45) is 25.9 Å². The number of alkyl halides is 4. The molecule has 0 unspecified atom stereocenters. The van der Waals surface area contributed by atoms with Crippen molar-refractivity contribution in [3.63, 3.8) is 0 Å². The molecule has 2 aliphatic rings. The summed E-state index contributed by atoms with van der Waals surface area (Å²) in [6, 6.07) is 12.3. The number of carboxylic acids is 2. The molecule has 27 heteroatoms. The number of benzene rings is 2. The number of aromatic nitrogens is 10. The summed E-state index contributed by atoms with van der Waals surface area (Å²) in [5.74, 6) is -13.2. The molecule has 2 atom stereocenters. The van der Waals surface area contributed by atoms with Crippen LogP contribution in [0.25, 0.3) is 22.8 Å². The van der Waals surface area contributed by atoms with Crippen LogP contribution in [0.3, 0.4) is 0 Å². The third kappa shape index (κ3) is 10.4. The fourth-order valence-corrected chi connectivity index (χ4v) is 6.10. The Kier molecular flexibility index (Phi) is 13.4. The number of nitrogens with one attached hydrogen (secondary N) is 4. The van der Waals surface area contributed by atoms with E-state index in [4.69, 9.17) is 9.47 Å². The first-order valence-electron chi connectivity index (χ1n) is 18.5. The van der Waals surface area contributed by atoms with E-state index in [2.05, 4.69) is 61.8 Å². The summed E-state index contributed by atoms with van der Waals surface area (Å²) in [7, 11) is 6.23. The molecule has 0 saturated heterocycles. The first-order valence-corrected chi connectivity index (χ1v) is 18.5. The second kappa shape index (κ2) is 18.6. The number of carboxylic acid groups (broad SMARTS) is 2. The van der Waals surface area contributed by atoms with Gasteiger partial charge in [-0.05, 0) is 24.3 Å². The Bertz CT molecular complexity index is 2620. The molecule has 4 aromatic heterocycles. The van der Waals surface area contributed by atoms with Crippen LogP contribution in [0.1, 0.15) is 33.8 Å². The van der Waals surface area contributed by atoms with Crippen molar-refractivity contribution in [3.8, 4) is 34.3 Å². The second-order valence-corrected chi connectivity index (χ2v) is 14.1. The van der Waals surface area contributed by atoms with Gasteiger partial charge in [0.15, 0.2) is 34.8 Å². The molecule has 6 aromatic rings. The molecule has 332 valence electrons. The molecule has 0 spiro atoms. The number of hydrogen-bond donors (Lipinski definition) is 4. The molecule has 2 saturated carbocycles. The third-order valence-corrected chi connectivity index (χ3v) is 9.42. The van der Waals surface area contributed by atoms with Gasteiger partial charge in [0.2, 0.25) is 11.8 Å². The van der Waals surface area contributed by atoms with Gasteiger partial charge in [-0.25, -0.2) is 27.5 Å². The molecule has 0 aliphatic heterocycles. The molecule has 2 aromatic carbocycles. The molecule has 2 fully saturated rings. The topological polar surface area (TPSA) is 294 Å². The molecule has 4 heterocycles. The van der Waals surface area contributed by atoms with Crippen molar-refractivity contribution in [1.29, 1.82) is 0 Å². The second-order valence-electron chi connectivity index (χ2n) is 14.1. The molecule has 0 bridgehead atoms. The van der Waals surface area contributed by atoms with Crippen LogP contribution in [-0.4, -0.2) is 99.7 Å². The fourth-order valence-electron chi connectivity index (χ4n) is 6.10. The Morgan fingerprint density at radius 3 is 1.31 bits per heavy atom. The number of nitrogens with zero attached hydrogens (tertiary/aromatic N) is 10. The van der Waals surface area contributed by atoms with E-state index in [-0.39, 0.29) is 42.5 Å². The zero-order valence-corrected chi connectivity index (χ0v) is 37.3. The van der Waals surface area contributed by atoms with E-state index in [1.165, 1.54) is 36.2 Å². The maximum Gasteiger partial charge on any atom is 2.00 e. The standard InChI is InChI=1S/2C19H17F2N7O4.Zn/c2*1-28-8-22-16(27-28)9-4-3-5-11(15(9)32-2)23-12-6-13(25-26-14(12)18(30)31)24-17(29)10-7-19(10,20)21;/h2*3-6,8,10H,7H2,1-2H3,(H,30,31)(H2,23,24,25,29);/q;;+2/p-2/t2*10-;/m00./s1. The van der Waals surface area contributed by atoms with Crippen LogP contribution in [-0.2, 0) is 43.2 Å². The van der Waals surface area contributed by atoms with Crippen LogP contribution < -0.4 is 41.0 Å². The van der Waals surface area contributed by atoms with Gasteiger partial charge in [0.05, 0.1) is 60.0 Å². The number of anilines is 6. The summed E-state index contributed by atoms with van der Waals surface area (Å²) in [6.07, 6.45) is 1.91. The molecular weight excluding hydrogens is 922 g/mol. The summed E-state index contributed by atoms with van der Waals surface area (Å²) >= 11 is 0. The minimum atomic E-state index is -3.06.